The van der Waals surface area contributed by atoms with E-state index >= 15 is 0 Å². The number of guanidine groups is 1. The van der Waals surface area contributed by atoms with Gasteiger partial charge in [0.2, 0.25) is 16.0 Å². The molecule has 2 aromatic heterocycles. The molecule has 13 heteroatoms. The molecule has 0 aromatic carbocycles. The zero-order valence-electron chi connectivity index (χ0n) is 15.1. The standard InChI is InChI=1S/C16H15Cl2FN6O3S/c1-16(7-29(27,28)25(2)15(20)24-16)13-10(19)3-4-11(22-13)23-14(26)12-9(18)5-8(17)6-21-12/h3-6H,7H2,1-2H3,(H2,20,24)(H,22,23,26)/t16-/m0/s1. The van der Waals surface area contributed by atoms with Gasteiger partial charge in [-0.15, -0.1) is 0 Å². The third kappa shape index (κ3) is 4.11. The van der Waals surface area contributed by atoms with Gasteiger partial charge in [-0.2, -0.15) is 0 Å². The van der Waals surface area contributed by atoms with Crippen molar-refractivity contribution in [1.29, 1.82) is 0 Å². The Bertz CT molecular complexity index is 1140. The normalized spacial score (nSPS) is 20.9. The minimum absolute atomic E-state index is 0.0167. The fourth-order valence-corrected chi connectivity index (χ4v) is 4.61. The minimum Gasteiger partial charge on any atom is -0.369 e. The number of carbonyl (C=O) groups is 1. The molecule has 154 valence electrons. The number of amides is 1. The first-order chi connectivity index (χ1) is 13.4. The lowest BCUT2D eigenvalue weighted by atomic mass is 10.00. The summed E-state index contributed by atoms with van der Waals surface area (Å²) in [6, 6.07) is 3.59. The fraction of sp³-hybridized carbons (Fsp3) is 0.250. The summed E-state index contributed by atoms with van der Waals surface area (Å²) in [5, 5.41) is 2.70. The van der Waals surface area contributed by atoms with E-state index in [0.717, 1.165) is 10.4 Å². The molecule has 1 aliphatic rings. The van der Waals surface area contributed by atoms with Crippen LogP contribution in [0.1, 0.15) is 23.1 Å². The van der Waals surface area contributed by atoms with Crippen LogP contribution in [0.3, 0.4) is 0 Å². The van der Waals surface area contributed by atoms with Crippen LogP contribution in [0.5, 0.6) is 0 Å². The van der Waals surface area contributed by atoms with Gasteiger partial charge in [0.1, 0.15) is 34.3 Å². The second-order valence-corrected chi connectivity index (χ2v) is 9.28. The number of aromatic nitrogens is 2. The van der Waals surface area contributed by atoms with Crippen molar-refractivity contribution in [2.75, 3.05) is 18.1 Å². The van der Waals surface area contributed by atoms with Crippen molar-refractivity contribution >= 4 is 50.9 Å². The van der Waals surface area contributed by atoms with E-state index in [-0.39, 0.29) is 33.2 Å². The van der Waals surface area contributed by atoms with Crippen LogP contribution in [0.25, 0.3) is 0 Å². The van der Waals surface area contributed by atoms with E-state index in [1.165, 1.54) is 32.3 Å². The molecule has 2 aromatic rings. The van der Waals surface area contributed by atoms with Gasteiger partial charge in [0.15, 0.2) is 0 Å². The first-order valence-electron chi connectivity index (χ1n) is 8.04. The number of nitrogens with zero attached hydrogens (tertiary/aromatic N) is 4. The largest absolute Gasteiger partial charge is 0.369 e. The van der Waals surface area contributed by atoms with Crippen LogP contribution in [0.2, 0.25) is 10.0 Å². The lowest BCUT2D eigenvalue weighted by Crippen LogP contribution is -2.50. The van der Waals surface area contributed by atoms with Gasteiger partial charge in [0.25, 0.3) is 5.91 Å². The molecule has 1 amide bonds. The van der Waals surface area contributed by atoms with Gasteiger partial charge in [-0.1, -0.05) is 23.2 Å². The molecule has 3 N–H and O–H groups in total. The van der Waals surface area contributed by atoms with Gasteiger partial charge in [-0.05, 0) is 25.1 Å². The van der Waals surface area contributed by atoms with Crippen LogP contribution in [-0.4, -0.2) is 47.4 Å². The maximum absolute atomic E-state index is 14.5. The zero-order valence-corrected chi connectivity index (χ0v) is 17.5. The van der Waals surface area contributed by atoms with Crippen molar-refractivity contribution < 1.29 is 17.6 Å². The summed E-state index contributed by atoms with van der Waals surface area (Å²) < 4.78 is 39.9. The third-order valence-electron chi connectivity index (χ3n) is 4.19. The second-order valence-electron chi connectivity index (χ2n) is 6.43. The van der Waals surface area contributed by atoms with Crippen LogP contribution >= 0.6 is 23.2 Å². The van der Waals surface area contributed by atoms with Gasteiger partial charge < -0.3 is 11.1 Å². The number of hydrogen-bond acceptors (Lipinski definition) is 7. The summed E-state index contributed by atoms with van der Waals surface area (Å²) in [6.45, 7) is 1.39. The number of carbonyl (C=O) groups excluding carboxylic acids is 1. The smallest absolute Gasteiger partial charge is 0.276 e. The molecule has 0 bridgehead atoms. The highest BCUT2D eigenvalue weighted by atomic mass is 35.5. The molecular formula is C16H15Cl2FN6O3S. The number of anilines is 1. The van der Waals surface area contributed by atoms with Crippen LogP contribution in [0.4, 0.5) is 10.2 Å². The summed E-state index contributed by atoms with van der Waals surface area (Å²) in [4.78, 5) is 24.4. The number of halogens is 3. The quantitative estimate of drug-likeness (QED) is 0.719. The van der Waals surface area contributed by atoms with E-state index in [9.17, 15) is 17.6 Å². The average Bonchev–Trinajstić information content (AvgIpc) is 2.60. The molecule has 0 unspecified atom stereocenters. The summed E-state index contributed by atoms with van der Waals surface area (Å²) in [6.07, 6.45) is 1.24. The fourth-order valence-electron chi connectivity index (χ4n) is 2.72. The Labute approximate surface area is 175 Å². The molecule has 0 saturated carbocycles. The molecule has 3 heterocycles. The summed E-state index contributed by atoms with van der Waals surface area (Å²) in [5.41, 5.74) is 3.70. The Morgan fingerprint density at radius 2 is 2.07 bits per heavy atom. The Morgan fingerprint density at radius 1 is 1.38 bits per heavy atom. The number of hydrogen-bond donors (Lipinski definition) is 2. The van der Waals surface area contributed by atoms with Gasteiger partial charge in [-0.3, -0.25) is 4.79 Å². The maximum atomic E-state index is 14.5. The molecule has 1 atom stereocenters. The number of aliphatic imine (C=N–C) groups is 1. The zero-order chi connectivity index (χ0) is 21.6. The SMILES string of the molecule is CN1C(N)=N[C@](C)(c2nc(NC(=O)c3ncc(Cl)cc3Cl)ccc2F)CS1(=O)=O. The highest BCUT2D eigenvalue weighted by Crippen LogP contribution is 2.33. The lowest BCUT2D eigenvalue weighted by molar-refractivity contribution is 0.102. The van der Waals surface area contributed by atoms with E-state index in [1.807, 2.05) is 0 Å². The molecule has 0 fully saturated rings. The molecule has 0 saturated heterocycles. The van der Waals surface area contributed by atoms with Crippen LogP contribution in [-0.2, 0) is 15.6 Å². The highest BCUT2D eigenvalue weighted by molar-refractivity contribution is 7.89. The first kappa shape index (κ1) is 21.2. The van der Waals surface area contributed by atoms with E-state index in [1.54, 1.807) is 0 Å². The summed E-state index contributed by atoms with van der Waals surface area (Å²) in [5.74, 6) is -2.41. The molecule has 0 aliphatic carbocycles. The molecule has 0 radical (unpaired) electrons. The van der Waals surface area contributed by atoms with Crippen molar-refractivity contribution in [2.24, 2.45) is 10.7 Å². The molecule has 1 aliphatic heterocycles. The van der Waals surface area contributed by atoms with E-state index in [2.05, 4.69) is 20.3 Å². The van der Waals surface area contributed by atoms with Crippen LogP contribution in [0.15, 0.2) is 29.4 Å². The van der Waals surface area contributed by atoms with Crippen molar-refractivity contribution in [1.82, 2.24) is 14.3 Å². The van der Waals surface area contributed by atoms with Crippen molar-refractivity contribution in [3.63, 3.8) is 0 Å². The molecule has 3 rings (SSSR count). The highest BCUT2D eigenvalue weighted by Gasteiger charge is 2.43. The minimum atomic E-state index is -3.83. The van der Waals surface area contributed by atoms with Crippen LogP contribution < -0.4 is 11.1 Å². The lowest BCUT2D eigenvalue weighted by Gasteiger charge is -2.33. The Kier molecular flexibility index (Phi) is 5.41. The predicted molar refractivity (Wildman–Crippen MR) is 107 cm³/mol. The summed E-state index contributed by atoms with van der Waals surface area (Å²) in [7, 11) is -2.58. The number of nitrogens with two attached hydrogens (primary N) is 1. The molecular weight excluding hydrogens is 446 g/mol. The summed E-state index contributed by atoms with van der Waals surface area (Å²) >= 11 is 11.7. The Morgan fingerprint density at radius 3 is 2.69 bits per heavy atom. The van der Waals surface area contributed by atoms with Crippen LogP contribution in [0, 0.1) is 5.82 Å². The van der Waals surface area contributed by atoms with Gasteiger partial charge in [0, 0.05) is 13.2 Å². The molecule has 9 nitrogen and oxygen atoms in total. The van der Waals surface area contributed by atoms with Gasteiger partial charge in [-0.25, -0.2) is 32.1 Å². The average molecular weight is 461 g/mol. The first-order valence-corrected chi connectivity index (χ1v) is 10.4. The predicted octanol–water partition coefficient (Wildman–Crippen LogP) is 1.98. The number of sulfonamides is 1. The number of nitrogens with one attached hydrogen (secondary N) is 1. The van der Waals surface area contributed by atoms with E-state index in [4.69, 9.17) is 28.9 Å². The van der Waals surface area contributed by atoms with Gasteiger partial charge in [0.05, 0.1) is 10.0 Å². The van der Waals surface area contributed by atoms with Crippen molar-refractivity contribution in [3.05, 3.63) is 51.6 Å². The molecule has 0 spiro atoms. The Hall–Kier alpha value is -2.50. The van der Waals surface area contributed by atoms with Crippen molar-refractivity contribution in [2.45, 2.75) is 12.5 Å². The maximum Gasteiger partial charge on any atom is 0.276 e. The molecule has 29 heavy (non-hydrogen) atoms. The third-order valence-corrected chi connectivity index (χ3v) is 6.63. The Balaban J connectivity index is 1.98. The van der Waals surface area contributed by atoms with Crippen molar-refractivity contribution in [3.8, 4) is 0 Å². The number of rotatable bonds is 3. The van der Waals surface area contributed by atoms with E-state index < -0.39 is 33.0 Å². The monoisotopic (exact) mass is 460 g/mol. The van der Waals surface area contributed by atoms with E-state index in [0.29, 0.717) is 0 Å². The second kappa shape index (κ2) is 7.39. The van der Waals surface area contributed by atoms with Gasteiger partial charge >= 0.3 is 0 Å². The topological polar surface area (TPSA) is 131 Å². The number of pyridine rings is 2.